The van der Waals surface area contributed by atoms with Crippen LogP contribution in [0.1, 0.15) is 53.2 Å². The number of hydrogen-bond acceptors (Lipinski definition) is 42. The van der Waals surface area contributed by atoms with Gasteiger partial charge in [0.2, 0.25) is 11.8 Å². The molecule has 1 amide bonds. The third-order valence-corrected chi connectivity index (χ3v) is 17.0. The SMILES string of the molecule is COC(=O)c1nccnc1N.Nc1ncc(Br)nc1-c1nnc(-c2ccccc2)o1.Nc1ncc(Br)nc1C(=O)NCC(=O)c1ccccc1.Nc1ncc(Br)nc1C(=O)O.Nc1ncc(C#CCO)nc1-c1nnc(-c2ccccc2)o1.OC#CN=Bc1ncc(Br)nc1-c1nnc(-c2ccccc2)o1.OC#CN=Bc1ncc(C#CCO)nc1-c1nnc(-c2ccccc2)o1. The van der Waals surface area contributed by atoms with Gasteiger partial charge in [-0.25, -0.2) is 59.4 Å². The molecule has 0 atom stereocenters. The number of aromatic carboxylic acids is 1. The zero-order valence-corrected chi connectivity index (χ0v) is 73.7. The van der Waals surface area contributed by atoms with Crippen molar-refractivity contribution in [1.82, 2.24) is 116 Å². The summed E-state index contributed by atoms with van der Waals surface area (Å²) in [6.45, 7) is -0.693. The molecule has 50 heteroatoms. The number of ether oxygens (including phenoxy) is 1. The quantitative estimate of drug-likeness (QED) is 0.0192. The zero-order valence-electron chi connectivity index (χ0n) is 67.4. The fourth-order valence-corrected chi connectivity index (χ4v) is 10.8. The molecular formula is C82H58B2Br4N30O14. The molecule has 132 heavy (non-hydrogen) atoms. The Hall–Kier alpha value is -17.3. The summed E-state index contributed by atoms with van der Waals surface area (Å²) in [5, 5.41) is 77.3. The maximum absolute atomic E-state index is 11.9. The first-order valence-electron chi connectivity index (χ1n) is 36.8. The maximum atomic E-state index is 11.9. The van der Waals surface area contributed by atoms with E-state index in [1.165, 1.54) is 70.8 Å². The predicted octanol–water partition coefficient (Wildman–Crippen LogP) is 7.56. The number of amides is 1. The van der Waals surface area contributed by atoms with Crippen LogP contribution in [0.2, 0.25) is 0 Å². The van der Waals surface area contributed by atoms with Crippen LogP contribution in [0.5, 0.6) is 0 Å². The number of nitrogens with one attached hydrogen (secondary N) is 1. The van der Waals surface area contributed by atoms with E-state index in [0.29, 0.717) is 81.5 Å². The van der Waals surface area contributed by atoms with Crippen molar-refractivity contribution in [1.29, 1.82) is 0 Å². The second-order valence-corrected chi connectivity index (χ2v) is 27.5. The summed E-state index contributed by atoms with van der Waals surface area (Å²) in [6, 6.07) is 50.5. The summed E-state index contributed by atoms with van der Waals surface area (Å²) in [5.74, 6) is 10.4. The van der Waals surface area contributed by atoms with E-state index in [2.05, 4.69) is 230 Å². The van der Waals surface area contributed by atoms with Crippen molar-refractivity contribution < 1.29 is 67.1 Å². The zero-order chi connectivity index (χ0) is 94.1. The van der Waals surface area contributed by atoms with Crippen LogP contribution in [-0.4, -0.2) is 201 Å². The summed E-state index contributed by atoms with van der Waals surface area (Å²) in [7, 11) is 3.92. The molecule has 16 aromatic rings. The number of benzene rings is 5. The van der Waals surface area contributed by atoms with Crippen LogP contribution in [0.3, 0.4) is 0 Å². The Morgan fingerprint density at radius 1 is 0.409 bits per heavy atom. The van der Waals surface area contributed by atoms with Gasteiger partial charge in [0.25, 0.3) is 17.7 Å². The standard InChI is InChI=1S/C17H10BN5O3.C15H11N5O2.C14H7BBrN5O2.C13H11BrN4O2.C12H8BrN5O.C6H7N3O2.C5H4BrN3O2/c24-9-4-7-13-11-19-15(18-20-8-10-25)14(21-13)17-23-22-16(26-17)12-5-2-1-3-6-12;16-13-12(18-11(9-17-13)7-4-8-21)15-20-19-14(22-15)10-5-2-1-3-6-10;16-10-8-17-12(15-18-6-7-22)11(19-10)14-21-20-13(23-14)9-4-2-1-3-5-9;14-10-7-16-12(15)11(18-10)13(20)17-6-9(19)8-4-2-1-3-5-8;13-8-6-15-10(14)9(16-8)12-18-17-11(19-12)7-4-2-1-3-5-7;1-11-6(10)4-5(7)9-3-2-8-4;6-2-1-8-4(7)3(9-2)5(10)11/h1-3,5-6,11,24-25H,9H2;1-3,5-6,9,21H,8H2,(H2,16,17);1-5,8,22H;1-5,7H,6H2,(H2,15,16)(H,17,20);1-6H,(H2,14,15);2-3H,1H3,(H2,7,9);1H,(H2,7,8)(H,10,11). The van der Waals surface area contributed by atoms with Crippen LogP contribution in [-0.2, 0) is 4.74 Å². The Balaban J connectivity index is 0.000000162. The topological polar surface area (TPSA) is 682 Å². The molecule has 16 rings (SSSR count). The van der Waals surface area contributed by atoms with Gasteiger partial charge in [-0.15, -0.1) is 20.4 Å². The van der Waals surface area contributed by atoms with Gasteiger partial charge in [0.15, 0.2) is 63.3 Å². The third kappa shape index (κ3) is 28.9. The monoisotopic (exact) mass is 2020 g/mol. The molecule has 5 aromatic carbocycles. The first-order chi connectivity index (χ1) is 64.0. The van der Waals surface area contributed by atoms with Crippen molar-refractivity contribution in [3.8, 4) is 140 Å². The second kappa shape index (κ2) is 50.2. The third-order valence-electron chi connectivity index (χ3n) is 15.5. The van der Waals surface area contributed by atoms with Gasteiger partial charge >= 0.3 is 300 Å². The number of carboxylic acid groups (broad SMARTS) is 1. The van der Waals surface area contributed by atoms with Crippen molar-refractivity contribution in [2.45, 2.75) is 0 Å². The number of esters is 1. The number of methoxy groups -OCH3 is 1. The van der Waals surface area contributed by atoms with Crippen molar-refractivity contribution in [2.24, 2.45) is 9.79 Å². The molecule has 11 heterocycles. The summed E-state index contributed by atoms with van der Waals surface area (Å²) in [6.07, 6.45) is 14.7. The molecule has 0 aliphatic carbocycles. The number of nitrogens with zero attached hydrogens (tertiary/aromatic N) is 24. The van der Waals surface area contributed by atoms with Crippen LogP contribution in [0, 0.1) is 48.0 Å². The number of Topliss-reactive ketones (excluding diaryl/α,β-unsaturated/α-hetero) is 1. The summed E-state index contributed by atoms with van der Waals surface area (Å²) < 4.78 is 28.7. The molecule has 0 spiro atoms. The van der Waals surface area contributed by atoms with Gasteiger partial charge in [0.05, 0.1) is 38.4 Å². The Kier molecular flexibility index (Phi) is 36.8. The van der Waals surface area contributed by atoms with E-state index in [9.17, 15) is 19.2 Å². The summed E-state index contributed by atoms with van der Waals surface area (Å²) in [5.41, 5.74) is 33.8. The van der Waals surface area contributed by atoms with Crippen LogP contribution in [0.25, 0.3) is 92.2 Å². The van der Waals surface area contributed by atoms with Gasteiger partial charge in [-0.2, -0.15) is 0 Å². The normalized spacial score (nSPS) is 9.96. The van der Waals surface area contributed by atoms with E-state index in [-0.39, 0.29) is 107 Å². The Morgan fingerprint density at radius 3 is 1.16 bits per heavy atom. The van der Waals surface area contributed by atoms with Gasteiger partial charge < -0.3 is 57.8 Å². The number of carboxylic acids is 1. The summed E-state index contributed by atoms with van der Waals surface area (Å²) in [4.78, 5) is 108. The van der Waals surface area contributed by atoms with Crippen LogP contribution < -0.4 is 45.2 Å². The molecule has 0 fully saturated rings. The number of aliphatic hydroxyl groups is 4. The predicted molar refractivity (Wildman–Crippen MR) is 486 cm³/mol. The molecule has 654 valence electrons. The number of hydrogen-bond donors (Lipinski definition) is 11. The average molecular weight is 2030 g/mol. The fraction of sp³-hybridized carbons (Fsp3) is 0.0488. The number of aliphatic hydroxyl groups excluding tert-OH is 4. The molecule has 0 aliphatic rings. The van der Waals surface area contributed by atoms with Crippen molar-refractivity contribution >= 4 is 142 Å². The van der Waals surface area contributed by atoms with Gasteiger partial charge in [-0.05, 0) is 78.0 Å². The Labute approximate surface area is 778 Å². The summed E-state index contributed by atoms with van der Waals surface area (Å²) >= 11 is 12.6. The van der Waals surface area contributed by atoms with Crippen molar-refractivity contribution in [2.75, 3.05) is 55.5 Å². The number of ketones is 1. The molecule has 0 bridgehead atoms. The molecule has 0 saturated carbocycles. The average Bonchev–Trinajstić information content (AvgIpc) is 1.67. The van der Waals surface area contributed by atoms with E-state index in [0.717, 1.165) is 22.3 Å². The van der Waals surface area contributed by atoms with Gasteiger partial charge in [0, 0.05) is 29.1 Å². The minimum atomic E-state index is -1.18. The van der Waals surface area contributed by atoms with E-state index in [1.54, 1.807) is 36.5 Å². The molecule has 11 aromatic heterocycles. The Morgan fingerprint density at radius 2 is 0.742 bits per heavy atom. The molecule has 44 nitrogen and oxygen atoms in total. The van der Waals surface area contributed by atoms with E-state index in [1.807, 2.05) is 127 Å². The van der Waals surface area contributed by atoms with Crippen molar-refractivity contribution in [3.63, 3.8) is 0 Å². The molecule has 0 aliphatic heterocycles. The fourth-order valence-electron chi connectivity index (χ4n) is 9.71. The number of carbonyl (C=O) groups excluding carboxylic acids is 3. The van der Waals surface area contributed by atoms with Gasteiger partial charge in [0.1, 0.15) is 26.1 Å². The number of carbonyl (C=O) groups is 4. The van der Waals surface area contributed by atoms with Gasteiger partial charge in [-0.3, -0.25) is 9.59 Å². The van der Waals surface area contributed by atoms with Crippen LogP contribution in [0.4, 0.5) is 29.1 Å². The minimum absolute atomic E-state index is 0.0119. The van der Waals surface area contributed by atoms with Gasteiger partial charge in [-0.1, -0.05) is 72.7 Å². The first-order valence-corrected chi connectivity index (χ1v) is 39.9. The van der Waals surface area contributed by atoms with Crippen molar-refractivity contribution in [3.05, 3.63) is 254 Å². The first kappa shape index (κ1) is 96.9. The Bertz CT molecular complexity index is 7020. The molecule has 0 radical (unpaired) electrons. The van der Waals surface area contributed by atoms with Crippen LogP contribution >= 0.6 is 63.7 Å². The number of halogens is 4. The van der Waals surface area contributed by atoms with E-state index in [4.69, 9.17) is 71.9 Å². The van der Waals surface area contributed by atoms with E-state index >= 15 is 0 Å². The molecular weight excluding hydrogens is 1970 g/mol. The van der Waals surface area contributed by atoms with Crippen LogP contribution in [0.15, 0.2) is 247 Å². The number of nitrogens with two attached hydrogens (primary N) is 5. The number of aromatic nitrogens is 22. The molecule has 16 N–H and O–H groups in total. The second-order valence-electron chi connectivity index (χ2n) is 24.2. The molecule has 0 saturated heterocycles. The number of anilines is 5. The van der Waals surface area contributed by atoms with E-state index < -0.39 is 17.8 Å². The number of rotatable bonds is 16. The molecule has 0 unspecified atom stereocenters. The number of nitrogen functional groups attached to an aromatic ring is 5.